The van der Waals surface area contributed by atoms with Crippen LogP contribution in [0.15, 0.2) is 19.6 Å². The highest BCUT2D eigenvalue weighted by Crippen LogP contribution is 2.25. The lowest BCUT2D eigenvalue weighted by molar-refractivity contribution is 0.100. The first-order valence-electron chi connectivity index (χ1n) is 4.61. The van der Waals surface area contributed by atoms with Gasteiger partial charge in [-0.3, -0.25) is 4.79 Å². The highest BCUT2D eigenvalue weighted by atomic mass is 79.9. The van der Waals surface area contributed by atoms with Gasteiger partial charge in [0.15, 0.2) is 0 Å². The molecule has 1 fully saturated rings. The maximum absolute atomic E-state index is 12.0. The molecular weight excluding hydrogens is 298 g/mol. The summed E-state index contributed by atoms with van der Waals surface area (Å²) in [6, 6.07) is 1.71. The molecule has 1 aromatic heterocycles. The molecule has 0 aliphatic carbocycles. The monoisotopic (exact) mass is 307 g/mol. The largest absolute Gasteiger partial charge is 0.287 e. The van der Waals surface area contributed by atoms with Gasteiger partial charge in [0.05, 0.1) is 19.1 Å². The van der Waals surface area contributed by atoms with Crippen LogP contribution in [0.1, 0.15) is 23.2 Å². The van der Waals surface area contributed by atoms with E-state index in [9.17, 15) is 9.00 Å². The van der Waals surface area contributed by atoms with Crippen molar-refractivity contribution in [2.24, 2.45) is 4.36 Å². The number of hydrogen-bond acceptors (Lipinski definition) is 3. The Bertz CT molecular complexity index is 488. The molecule has 0 spiro atoms. The first kappa shape index (κ1) is 11.3. The lowest BCUT2D eigenvalue weighted by atomic mass is 10.3. The van der Waals surface area contributed by atoms with Crippen LogP contribution in [-0.2, 0) is 9.73 Å². The summed E-state index contributed by atoms with van der Waals surface area (Å²) in [6.45, 7) is 0. The Morgan fingerprint density at radius 1 is 1.47 bits per heavy atom. The van der Waals surface area contributed by atoms with Crippen LogP contribution in [0.5, 0.6) is 0 Å². The van der Waals surface area contributed by atoms with E-state index < -0.39 is 9.73 Å². The second kappa shape index (κ2) is 4.35. The number of rotatable bonds is 1. The van der Waals surface area contributed by atoms with Crippen LogP contribution in [-0.4, -0.2) is 21.6 Å². The average Bonchev–Trinajstić information content (AvgIpc) is 2.74. The topological polar surface area (TPSA) is 46.5 Å². The molecule has 1 saturated heterocycles. The summed E-state index contributed by atoms with van der Waals surface area (Å²) in [7, 11) is -2.24. The Balaban J connectivity index is 2.31. The van der Waals surface area contributed by atoms with E-state index >= 15 is 0 Å². The van der Waals surface area contributed by atoms with Crippen LogP contribution in [0.2, 0.25) is 0 Å². The van der Waals surface area contributed by atoms with Crippen molar-refractivity contribution in [3.05, 3.63) is 20.8 Å². The Labute approximate surface area is 101 Å². The molecule has 0 aromatic carbocycles. The van der Waals surface area contributed by atoms with Gasteiger partial charge in [0.25, 0.3) is 5.91 Å². The number of hydrogen-bond donors (Lipinski definition) is 0. The van der Waals surface area contributed by atoms with Crippen LogP contribution in [0.4, 0.5) is 0 Å². The van der Waals surface area contributed by atoms with Crippen molar-refractivity contribution in [3.8, 4) is 0 Å². The number of amides is 1. The molecule has 0 unspecified atom stereocenters. The molecule has 1 aliphatic heterocycles. The number of halogens is 1. The Morgan fingerprint density at radius 2 is 2.13 bits per heavy atom. The van der Waals surface area contributed by atoms with E-state index in [1.807, 2.05) is 5.38 Å². The predicted molar refractivity (Wildman–Crippen MR) is 65.9 cm³/mol. The maximum Gasteiger partial charge on any atom is 0.287 e. The molecule has 1 aromatic rings. The molecule has 15 heavy (non-hydrogen) atoms. The summed E-state index contributed by atoms with van der Waals surface area (Å²) >= 11 is 4.71. The standard InChI is InChI=1S/C9H10BrNO2S2/c10-8-7(3-4-14-8)9(12)11-15(13)5-1-2-6-15/h3-4H,1-2,5-6H2. The molecule has 2 heterocycles. The zero-order valence-corrected chi connectivity index (χ0v) is 11.2. The molecule has 1 amide bonds. The van der Waals surface area contributed by atoms with E-state index in [1.54, 1.807) is 6.07 Å². The van der Waals surface area contributed by atoms with Gasteiger partial charge in [-0.25, -0.2) is 4.21 Å². The van der Waals surface area contributed by atoms with Gasteiger partial charge < -0.3 is 0 Å². The second-order valence-corrected chi connectivity index (χ2v) is 8.17. The van der Waals surface area contributed by atoms with Crippen LogP contribution in [0.25, 0.3) is 0 Å². The highest BCUT2D eigenvalue weighted by Gasteiger charge is 2.19. The Morgan fingerprint density at radius 3 is 2.67 bits per heavy atom. The van der Waals surface area contributed by atoms with Gasteiger partial charge in [0.1, 0.15) is 0 Å². The molecule has 1 aliphatic rings. The SMILES string of the molecule is O=C(N=S1(=O)CCCC1)c1ccsc1Br. The van der Waals surface area contributed by atoms with Gasteiger partial charge in [0, 0.05) is 11.5 Å². The minimum atomic E-state index is -2.24. The third kappa shape index (κ3) is 2.49. The number of carbonyl (C=O) groups excluding carboxylic acids is 1. The third-order valence-corrected chi connectivity index (χ3v) is 6.31. The van der Waals surface area contributed by atoms with Crippen molar-refractivity contribution in [3.63, 3.8) is 0 Å². The van der Waals surface area contributed by atoms with E-state index in [2.05, 4.69) is 20.3 Å². The minimum absolute atomic E-state index is 0.352. The van der Waals surface area contributed by atoms with Crippen molar-refractivity contribution >= 4 is 42.9 Å². The van der Waals surface area contributed by atoms with Crippen LogP contribution >= 0.6 is 27.3 Å². The van der Waals surface area contributed by atoms with E-state index in [0.717, 1.165) is 16.6 Å². The molecule has 6 heteroatoms. The lowest BCUT2D eigenvalue weighted by Crippen LogP contribution is -2.05. The molecule has 0 bridgehead atoms. The van der Waals surface area contributed by atoms with E-state index in [0.29, 0.717) is 17.1 Å². The fourth-order valence-corrected chi connectivity index (χ4v) is 4.82. The molecule has 0 N–H and O–H groups in total. The van der Waals surface area contributed by atoms with Crippen molar-refractivity contribution in [2.75, 3.05) is 11.5 Å². The molecular formula is C9H10BrNO2S2. The van der Waals surface area contributed by atoms with Gasteiger partial charge in [-0.2, -0.15) is 4.36 Å². The predicted octanol–water partition coefficient (Wildman–Crippen LogP) is 2.91. The third-order valence-electron chi connectivity index (χ3n) is 2.27. The summed E-state index contributed by atoms with van der Waals surface area (Å²) in [5.74, 6) is 0.788. The van der Waals surface area contributed by atoms with Crippen molar-refractivity contribution < 1.29 is 9.00 Å². The molecule has 82 valence electrons. The maximum atomic E-state index is 12.0. The zero-order valence-electron chi connectivity index (χ0n) is 7.94. The molecule has 0 radical (unpaired) electrons. The summed E-state index contributed by atoms with van der Waals surface area (Å²) < 4.78 is 16.6. The fourth-order valence-electron chi connectivity index (χ4n) is 1.49. The van der Waals surface area contributed by atoms with E-state index in [4.69, 9.17) is 0 Å². The first-order chi connectivity index (χ1) is 7.11. The summed E-state index contributed by atoms with van der Waals surface area (Å²) in [6.07, 6.45) is 1.83. The van der Waals surface area contributed by atoms with Crippen LogP contribution in [0, 0.1) is 0 Å². The fraction of sp³-hybridized carbons (Fsp3) is 0.444. The zero-order chi connectivity index (χ0) is 10.9. The van der Waals surface area contributed by atoms with Gasteiger partial charge >= 0.3 is 0 Å². The number of thiophene rings is 1. The summed E-state index contributed by atoms with van der Waals surface area (Å²) in [5.41, 5.74) is 0.523. The average molecular weight is 308 g/mol. The number of carbonyl (C=O) groups is 1. The van der Waals surface area contributed by atoms with E-state index in [1.165, 1.54) is 11.3 Å². The van der Waals surface area contributed by atoms with Crippen molar-refractivity contribution in [1.29, 1.82) is 0 Å². The van der Waals surface area contributed by atoms with Gasteiger partial charge in [-0.15, -0.1) is 11.3 Å². The van der Waals surface area contributed by atoms with Gasteiger partial charge in [-0.1, -0.05) is 0 Å². The summed E-state index contributed by atoms with van der Waals surface area (Å²) in [5, 5.41) is 1.81. The quantitative estimate of drug-likeness (QED) is 0.801. The van der Waals surface area contributed by atoms with E-state index in [-0.39, 0.29) is 5.91 Å². The molecule has 0 atom stereocenters. The Kier molecular flexibility index (Phi) is 3.27. The first-order valence-corrected chi connectivity index (χ1v) is 8.13. The van der Waals surface area contributed by atoms with Gasteiger partial charge in [-0.05, 0) is 40.2 Å². The molecule has 2 rings (SSSR count). The van der Waals surface area contributed by atoms with Crippen molar-refractivity contribution in [2.45, 2.75) is 12.8 Å². The normalized spacial score (nSPS) is 19.0. The highest BCUT2D eigenvalue weighted by molar-refractivity contribution is 9.11. The minimum Gasteiger partial charge on any atom is -0.266 e. The molecule has 0 saturated carbocycles. The Hall–Kier alpha value is -0.200. The van der Waals surface area contributed by atoms with Crippen molar-refractivity contribution in [1.82, 2.24) is 0 Å². The second-order valence-electron chi connectivity index (χ2n) is 3.39. The van der Waals surface area contributed by atoms with Crippen LogP contribution in [0.3, 0.4) is 0 Å². The van der Waals surface area contributed by atoms with Gasteiger partial charge in [0.2, 0.25) is 0 Å². The summed E-state index contributed by atoms with van der Waals surface area (Å²) in [4.78, 5) is 11.7. The number of nitrogens with zero attached hydrogens (tertiary/aromatic N) is 1. The van der Waals surface area contributed by atoms with Crippen LogP contribution < -0.4 is 0 Å². The smallest absolute Gasteiger partial charge is 0.266 e. The molecule has 3 nitrogen and oxygen atoms in total. The lowest BCUT2D eigenvalue weighted by Gasteiger charge is -1.98.